The number of alkyl halides is 3. The van der Waals surface area contributed by atoms with E-state index in [-0.39, 0.29) is 26.9 Å². The Labute approximate surface area is 244 Å². The smallest absolute Gasteiger partial charge is 0.416 e. The van der Waals surface area contributed by atoms with Gasteiger partial charge in [-0.2, -0.15) is 13.2 Å². The Kier molecular flexibility index (Phi) is 8.96. The van der Waals surface area contributed by atoms with E-state index in [4.69, 9.17) is 4.74 Å². The highest BCUT2D eigenvalue weighted by atomic mass is 32.2. The van der Waals surface area contributed by atoms with Gasteiger partial charge in [0.1, 0.15) is 18.1 Å². The number of benzene rings is 4. The zero-order valence-corrected chi connectivity index (χ0v) is 23.8. The molecule has 0 aliphatic carbocycles. The first-order valence-corrected chi connectivity index (χ1v) is 15.1. The van der Waals surface area contributed by atoms with Crippen molar-refractivity contribution >= 4 is 43.0 Å². The maximum atomic E-state index is 13.4. The SMILES string of the molecule is COc1ccc(N(CC(=O)Nc2ccc(S(=O)(=O)Nc3cccc(C(F)(F)F)c3)cc2)S(=O)(=O)c2ccc(F)cc2)cc1. The van der Waals surface area contributed by atoms with E-state index >= 15 is 0 Å². The molecule has 0 aliphatic heterocycles. The van der Waals surface area contributed by atoms with Crippen molar-refractivity contribution in [3.8, 4) is 5.75 Å². The Morgan fingerprint density at radius 2 is 1.42 bits per heavy atom. The van der Waals surface area contributed by atoms with Crippen LogP contribution < -0.4 is 19.1 Å². The lowest BCUT2D eigenvalue weighted by molar-refractivity contribution is -0.137. The van der Waals surface area contributed by atoms with Gasteiger partial charge in [0, 0.05) is 11.4 Å². The zero-order valence-electron chi connectivity index (χ0n) is 22.2. The van der Waals surface area contributed by atoms with E-state index in [1.807, 2.05) is 0 Å². The van der Waals surface area contributed by atoms with E-state index in [0.717, 1.165) is 58.9 Å². The third-order valence-electron chi connectivity index (χ3n) is 5.94. The summed E-state index contributed by atoms with van der Waals surface area (Å²) in [5, 5.41) is 2.48. The molecule has 43 heavy (non-hydrogen) atoms. The van der Waals surface area contributed by atoms with Gasteiger partial charge in [-0.25, -0.2) is 21.2 Å². The van der Waals surface area contributed by atoms with Gasteiger partial charge >= 0.3 is 6.18 Å². The number of amides is 1. The molecule has 4 rings (SSSR count). The summed E-state index contributed by atoms with van der Waals surface area (Å²) in [6, 6.07) is 18.2. The average molecular weight is 638 g/mol. The number of carbonyl (C=O) groups is 1. The Hall–Kier alpha value is -4.63. The number of anilines is 3. The molecule has 0 aliphatic rings. The summed E-state index contributed by atoms with van der Waals surface area (Å²) in [4.78, 5) is 12.4. The molecule has 1 amide bonds. The third-order valence-corrected chi connectivity index (χ3v) is 9.13. The number of nitrogens with zero attached hydrogens (tertiary/aromatic N) is 1. The van der Waals surface area contributed by atoms with E-state index in [9.17, 15) is 39.2 Å². The van der Waals surface area contributed by atoms with Gasteiger partial charge in [-0.05, 0) is 91.0 Å². The van der Waals surface area contributed by atoms with Crippen molar-refractivity contribution in [2.75, 3.05) is 28.0 Å². The predicted octanol–water partition coefficient (Wildman–Crippen LogP) is 5.49. The summed E-state index contributed by atoms with van der Waals surface area (Å²) in [5.41, 5.74) is -1.11. The fourth-order valence-electron chi connectivity index (χ4n) is 3.82. The molecule has 0 heterocycles. The van der Waals surface area contributed by atoms with E-state index in [2.05, 4.69) is 10.0 Å². The molecule has 0 atom stereocenters. The summed E-state index contributed by atoms with van der Waals surface area (Å²) in [5.74, 6) is -1.01. The molecule has 4 aromatic carbocycles. The van der Waals surface area contributed by atoms with Crippen molar-refractivity contribution < 1.29 is 43.9 Å². The van der Waals surface area contributed by atoms with Crippen molar-refractivity contribution in [1.29, 1.82) is 0 Å². The second-order valence-electron chi connectivity index (χ2n) is 8.92. The quantitative estimate of drug-likeness (QED) is 0.222. The number of rotatable bonds is 10. The number of sulfonamides is 2. The van der Waals surface area contributed by atoms with Gasteiger partial charge in [0.2, 0.25) is 5.91 Å². The molecule has 0 unspecified atom stereocenters. The van der Waals surface area contributed by atoms with Gasteiger partial charge < -0.3 is 10.1 Å². The predicted molar refractivity (Wildman–Crippen MR) is 151 cm³/mol. The molecule has 0 bridgehead atoms. The number of hydrogen-bond donors (Lipinski definition) is 2. The maximum Gasteiger partial charge on any atom is 0.416 e. The minimum Gasteiger partial charge on any atom is -0.497 e. The first-order chi connectivity index (χ1) is 20.2. The molecule has 15 heteroatoms. The number of halogens is 4. The summed E-state index contributed by atoms with van der Waals surface area (Å²) in [6.45, 7) is -0.705. The molecule has 9 nitrogen and oxygen atoms in total. The molecular formula is C28H23F4N3O6S2. The van der Waals surface area contributed by atoms with Crippen LogP contribution in [0.15, 0.2) is 107 Å². The standard InChI is InChI=1S/C28H23F4N3O6S2/c1-41-24-11-9-23(10-12-24)35(43(39,40)26-13-5-20(29)6-14-26)18-27(36)33-21-7-15-25(16-8-21)42(37,38)34-22-4-2-3-19(17-22)28(30,31)32/h2-17,34H,18H2,1H3,(H,33,36). The zero-order chi connectivity index (χ0) is 31.4. The van der Waals surface area contributed by atoms with Gasteiger partial charge in [-0.3, -0.25) is 13.8 Å². The molecule has 0 radical (unpaired) electrons. The van der Waals surface area contributed by atoms with Crippen LogP contribution in [-0.2, 0) is 31.0 Å². The highest BCUT2D eigenvalue weighted by Gasteiger charge is 2.31. The lowest BCUT2D eigenvalue weighted by Gasteiger charge is -2.24. The van der Waals surface area contributed by atoms with Crippen LogP contribution in [0.3, 0.4) is 0 Å². The highest BCUT2D eigenvalue weighted by Crippen LogP contribution is 2.31. The van der Waals surface area contributed by atoms with E-state index in [1.54, 1.807) is 0 Å². The van der Waals surface area contributed by atoms with Crippen molar-refractivity contribution in [3.05, 3.63) is 108 Å². The fraction of sp³-hybridized carbons (Fsp3) is 0.107. The lowest BCUT2D eigenvalue weighted by atomic mass is 10.2. The summed E-state index contributed by atoms with van der Waals surface area (Å²) >= 11 is 0. The largest absolute Gasteiger partial charge is 0.497 e. The second kappa shape index (κ2) is 12.3. The van der Waals surface area contributed by atoms with Crippen LogP contribution >= 0.6 is 0 Å². The Bertz CT molecular complexity index is 1810. The normalized spacial score (nSPS) is 11.9. The number of hydrogen-bond acceptors (Lipinski definition) is 6. The molecule has 226 valence electrons. The van der Waals surface area contributed by atoms with Crippen LogP contribution in [0.25, 0.3) is 0 Å². The minimum atomic E-state index is -4.66. The lowest BCUT2D eigenvalue weighted by Crippen LogP contribution is -2.38. The van der Waals surface area contributed by atoms with E-state index in [0.29, 0.717) is 11.8 Å². The van der Waals surface area contributed by atoms with Crippen LogP contribution in [0.4, 0.5) is 34.6 Å². The van der Waals surface area contributed by atoms with Crippen LogP contribution in [0.5, 0.6) is 5.75 Å². The van der Waals surface area contributed by atoms with E-state index in [1.165, 1.54) is 43.5 Å². The van der Waals surface area contributed by atoms with Gasteiger partial charge in [-0.15, -0.1) is 0 Å². The van der Waals surface area contributed by atoms with Crippen LogP contribution in [0, 0.1) is 5.82 Å². The number of ether oxygens (including phenoxy) is 1. The molecule has 0 saturated heterocycles. The van der Waals surface area contributed by atoms with Gasteiger partial charge in [0.25, 0.3) is 20.0 Å². The Morgan fingerprint density at radius 1 is 0.814 bits per heavy atom. The van der Waals surface area contributed by atoms with Gasteiger partial charge in [0.05, 0.1) is 28.2 Å². The van der Waals surface area contributed by atoms with Crippen molar-refractivity contribution in [2.24, 2.45) is 0 Å². The number of methoxy groups -OCH3 is 1. The van der Waals surface area contributed by atoms with Crippen LogP contribution in [0.2, 0.25) is 0 Å². The topological polar surface area (TPSA) is 122 Å². The van der Waals surface area contributed by atoms with Gasteiger partial charge in [0.15, 0.2) is 0 Å². The third kappa shape index (κ3) is 7.61. The fourth-order valence-corrected chi connectivity index (χ4v) is 6.29. The molecule has 2 N–H and O–H groups in total. The monoisotopic (exact) mass is 637 g/mol. The van der Waals surface area contributed by atoms with Gasteiger partial charge in [-0.1, -0.05) is 6.07 Å². The van der Waals surface area contributed by atoms with Crippen molar-refractivity contribution in [1.82, 2.24) is 0 Å². The average Bonchev–Trinajstić information content (AvgIpc) is 2.96. The van der Waals surface area contributed by atoms with Crippen molar-refractivity contribution in [2.45, 2.75) is 16.0 Å². The first kappa shape index (κ1) is 31.3. The van der Waals surface area contributed by atoms with Crippen LogP contribution in [0.1, 0.15) is 5.56 Å². The highest BCUT2D eigenvalue weighted by molar-refractivity contribution is 7.93. The molecule has 0 saturated carbocycles. The first-order valence-electron chi connectivity index (χ1n) is 12.2. The Balaban J connectivity index is 1.52. The molecule has 4 aromatic rings. The molecule has 0 fully saturated rings. The molecular weight excluding hydrogens is 614 g/mol. The number of nitrogens with one attached hydrogen (secondary N) is 2. The summed E-state index contributed by atoms with van der Waals surface area (Å²) < 4.78 is 113. The second-order valence-corrected chi connectivity index (χ2v) is 12.5. The Morgan fingerprint density at radius 3 is 2.00 bits per heavy atom. The van der Waals surface area contributed by atoms with Crippen LogP contribution in [-0.4, -0.2) is 36.4 Å². The molecule has 0 aromatic heterocycles. The summed E-state index contributed by atoms with van der Waals surface area (Å²) in [7, 11) is -7.20. The summed E-state index contributed by atoms with van der Waals surface area (Å²) in [6.07, 6.45) is -4.66. The minimum absolute atomic E-state index is 0.108. The van der Waals surface area contributed by atoms with Crippen molar-refractivity contribution in [3.63, 3.8) is 0 Å². The molecule has 0 spiro atoms. The maximum absolute atomic E-state index is 13.4. The van der Waals surface area contributed by atoms with E-state index < -0.39 is 50.1 Å². The number of carbonyl (C=O) groups excluding carboxylic acids is 1.